The quantitative estimate of drug-likeness (QED) is 0.648. The molecular formula is C13H17BrN2O2. The highest BCUT2D eigenvalue weighted by molar-refractivity contribution is 9.10. The van der Waals surface area contributed by atoms with Gasteiger partial charge in [-0.1, -0.05) is 22.0 Å². The number of halogens is 1. The molecule has 1 saturated carbocycles. The Morgan fingerprint density at radius 3 is 2.78 bits per heavy atom. The summed E-state index contributed by atoms with van der Waals surface area (Å²) in [5.41, 5.74) is 1.28. The number of nitrogens with one attached hydrogen (secondary N) is 1. The molecule has 98 valence electrons. The Balaban J connectivity index is 1.98. The second kappa shape index (κ2) is 5.80. The van der Waals surface area contributed by atoms with Gasteiger partial charge in [-0.05, 0) is 44.2 Å². The van der Waals surface area contributed by atoms with Crippen LogP contribution in [0.3, 0.4) is 0 Å². The smallest absolute Gasteiger partial charge is 0.270 e. The Morgan fingerprint density at radius 2 is 2.28 bits per heavy atom. The van der Waals surface area contributed by atoms with E-state index in [1.165, 1.54) is 12.8 Å². The van der Waals surface area contributed by atoms with Crippen LogP contribution < -0.4 is 5.32 Å². The molecular weight excluding hydrogens is 296 g/mol. The summed E-state index contributed by atoms with van der Waals surface area (Å²) in [6.45, 7) is 0. The van der Waals surface area contributed by atoms with Gasteiger partial charge >= 0.3 is 0 Å². The van der Waals surface area contributed by atoms with Crippen molar-refractivity contribution in [3.63, 3.8) is 0 Å². The highest BCUT2D eigenvalue weighted by atomic mass is 79.9. The Kier molecular flexibility index (Phi) is 4.35. The number of nitro groups is 1. The molecule has 18 heavy (non-hydrogen) atoms. The molecule has 1 fully saturated rings. The molecule has 0 radical (unpaired) electrons. The van der Waals surface area contributed by atoms with E-state index in [1.807, 2.05) is 13.1 Å². The molecule has 5 heteroatoms. The summed E-state index contributed by atoms with van der Waals surface area (Å²) in [6.07, 6.45) is 4.68. The highest BCUT2D eigenvalue weighted by Gasteiger charge is 2.29. The van der Waals surface area contributed by atoms with Gasteiger partial charge in [0.25, 0.3) is 5.69 Å². The number of non-ortho nitro benzene ring substituents is 1. The zero-order valence-corrected chi connectivity index (χ0v) is 11.9. The average molecular weight is 313 g/mol. The summed E-state index contributed by atoms with van der Waals surface area (Å²) in [6, 6.07) is 5.58. The molecule has 0 bridgehead atoms. The fourth-order valence-corrected chi connectivity index (χ4v) is 2.84. The zero-order chi connectivity index (χ0) is 13.1. The minimum Gasteiger partial charge on any atom is -0.317 e. The van der Waals surface area contributed by atoms with Gasteiger partial charge < -0.3 is 5.32 Å². The summed E-state index contributed by atoms with van der Waals surface area (Å²) in [5, 5.41) is 14.0. The van der Waals surface area contributed by atoms with E-state index in [0.717, 1.165) is 28.8 Å². The van der Waals surface area contributed by atoms with Crippen LogP contribution in [-0.4, -0.2) is 18.0 Å². The third kappa shape index (κ3) is 3.29. The maximum absolute atomic E-state index is 10.6. The minimum atomic E-state index is -0.366. The van der Waals surface area contributed by atoms with Gasteiger partial charge in [0.15, 0.2) is 0 Å². The van der Waals surface area contributed by atoms with Crippen molar-refractivity contribution in [2.24, 2.45) is 5.92 Å². The van der Waals surface area contributed by atoms with Gasteiger partial charge in [-0.25, -0.2) is 0 Å². The summed E-state index contributed by atoms with van der Waals surface area (Å²) in [5.74, 6) is 0.826. The first-order valence-corrected chi connectivity index (χ1v) is 7.01. The molecule has 1 unspecified atom stereocenters. The normalized spacial score (nSPS) is 16.6. The molecule has 0 spiro atoms. The lowest BCUT2D eigenvalue weighted by Gasteiger charge is -2.15. The summed E-state index contributed by atoms with van der Waals surface area (Å²) >= 11 is 3.42. The molecule has 1 N–H and O–H groups in total. The standard InChI is InChI=1S/C13H17BrN2O2/c1-15-13(10-2-3-10)7-5-9-4-6-11(16(17)18)8-12(9)14/h4,6,8,10,13,15H,2-3,5,7H2,1H3. The Morgan fingerprint density at radius 1 is 1.56 bits per heavy atom. The van der Waals surface area contributed by atoms with Crippen LogP contribution in [0.2, 0.25) is 0 Å². The molecule has 1 aromatic rings. The van der Waals surface area contributed by atoms with Crippen molar-refractivity contribution in [3.8, 4) is 0 Å². The van der Waals surface area contributed by atoms with Crippen LogP contribution in [0.5, 0.6) is 0 Å². The van der Waals surface area contributed by atoms with Crippen molar-refractivity contribution >= 4 is 21.6 Å². The van der Waals surface area contributed by atoms with E-state index in [-0.39, 0.29) is 10.6 Å². The molecule has 0 amide bonds. The molecule has 1 aromatic carbocycles. The van der Waals surface area contributed by atoms with Crippen molar-refractivity contribution in [1.29, 1.82) is 0 Å². The minimum absolute atomic E-state index is 0.137. The van der Waals surface area contributed by atoms with E-state index in [4.69, 9.17) is 0 Å². The van der Waals surface area contributed by atoms with Gasteiger partial charge in [0.05, 0.1) is 4.92 Å². The number of rotatable bonds is 6. The first-order valence-electron chi connectivity index (χ1n) is 6.22. The SMILES string of the molecule is CNC(CCc1ccc([N+](=O)[O-])cc1Br)C1CC1. The number of benzene rings is 1. The van der Waals surface area contributed by atoms with E-state index in [2.05, 4.69) is 21.2 Å². The summed E-state index contributed by atoms with van der Waals surface area (Å²) in [4.78, 5) is 10.3. The third-order valence-corrected chi connectivity index (χ3v) is 4.27. The highest BCUT2D eigenvalue weighted by Crippen LogP contribution is 2.35. The topological polar surface area (TPSA) is 55.2 Å². The van der Waals surface area contributed by atoms with Crippen LogP contribution in [0.15, 0.2) is 22.7 Å². The van der Waals surface area contributed by atoms with Gasteiger partial charge in [-0.2, -0.15) is 0 Å². The fourth-order valence-electron chi connectivity index (χ4n) is 2.28. The number of hydrogen-bond donors (Lipinski definition) is 1. The molecule has 2 rings (SSSR count). The van der Waals surface area contributed by atoms with Crippen molar-refractivity contribution in [3.05, 3.63) is 38.3 Å². The summed E-state index contributed by atoms with van der Waals surface area (Å²) in [7, 11) is 2.01. The second-order valence-electron chi connectivity index (χ2n) is 4.80. The Hall–Kier alpha value is -0.940. The average Bonchev–Trinajstić information content (AvgIpc) is 3.16. The van der Waals surface area contributed by atoms with Crippen LogP contribution in [0.4, 0.5) is 5.69 Å². The summed E-state index contributed by atoms with van der Waals surface area (Å²) < 4.78 is 0.836. The first kappa shape index (κ1) is 13.5. The third-order valence-electron chi connectivity index (χ3n) is 3.53. The van der Waals surface area contributed by atoms with Crippen LogP contribution in [-0.2, 0) is 6.42 Å². The van der Waals surface area contributed by atoms with Crippen molar-refractivity contribution < 1.29 is 4.92 Å². The maximum Gasteiger partial charge on any atom is 0.270 e. The molecule has 4 nitrogen and oxygen atoms in total. The molecule has 1 aliphatic rings. The van der Waals surface area contributed by atoms with E-state index >= 15 is 0 Å². The Labute approximate surface area is 115 Å². The van der Waals surface area contributed by atoms with E-state index in [0.29, 0.717) is 6.04 Å². The number of nitro benzene ring substituents is 1. The van der Waals surface area contributed by atoms with E-state index in [1.54, 1.807) is 12.1 Å². The fraction of sp³-hybridized carbons (Fsp3) is 0.538. The van der Waals surface area contributed by atoms with Crippen LogP contribution >= 0.6 is 15.9 Å². The molecule has 0 aromatic heterocycles. The predicted molar refractivity (Wildman–Crippen MR) is 74.7 cm³/mol. The number of aryl methyl sites for hydroxylation is 1. The largest absolute Gasteiger partial charge is 0.317 e. The Bertz CT molecular complexity index is 447. The van der Waals surface area contributed by atoms with Crippen LogP contribution in [0.25, 0.3) is 0 Å². The number of nitrogens with zero attached hydrogens (tertiary/aromatic N) is 1. The van der Waals surface area contributed by atoms with Gasteiger partial charge in [0, 0.05) is 22.6 Å². The van der Waals surface area contributed by atoms with Crippen LogP contribution in [0.1, 0.15) is 24.8 Å². The maximum atomic E-state index is 10.6. The molecule has 1 atom stereocenters. The van der Waals surface area contributed by atoms with Crippen LogP contribution in [0, 0.1) is 16.0 Å². The van der Waals surface area contributed by atoms with Crippen molar-refractivity contribution in [1.82, 2.24) is 5.32 Å². The lowest BCUT2D eigenvalue weighted by atomic mass is 10.0. The van der Waals surface area contributed by atoms with E-state index in [9.17, 15) is 10.1 Å². The van der Waals surface area contributed by atoms with E-state index < -0.39 is 0 Å². The zero-order valence-electron chi connectivity index (χ0n) is 10.4. The van der Waals surface area contributed by atoms with Gasteiger partial charge in [0.1, 0.15) is 0 Å². The van der Waals surface area contributed by atoms with Gasteiger partial charge in [-0.3, -0.25) is 10.1 Å². The molecule has 0 heterocycles. The van der Waals surface area contributed by atoms with Crippen molar-refractivity contribution in [2.75, 3.05) is 7.05 Å². The first-order chi connectivity index (χ1) is 8.61. The lowest BCUT2D eigenvalue weighted by molar-refractivity contribution is -0.384. The van der Waals surface area contributed by atoms with Gasteiger partial charge in [-0.15, -0.1) is 0 Å². The van der Waals surface area contributed by atoms with Crippen molar-refractivity contribution in [2.45, 2.75) is 31.7 Å². The monoisotopic (exact) mass is 312 g/mol. The molecule has 0 aliphatic heterocycles. The predicted octanol–water partition coefficient (Wildman–Crippen LogP) is 3.29. The second-order valence-corrected chi connectivity index (χ2v) is 5.66. The van der Waals surface area contributed by atoms with Gasteiger partial charge in [0.2, 0.25) is 0 Å². The molecule has 1 aliphatic carbocycles. The number of hydrogen-bond acceptors (Lipinski definition) is 3. The lowest BCUT2D eigenvalue weighted by Crippen LogP contribution is -2.27. The molecule has 0 saturated heterocycles.